The highest BCUT2D eigenvalue weighted by Gasteiger charge is 2.48. The number of fused-ring (bicyclic) bond motifs is 2. The number of likely N-dealkylation sites (tertiary alicyclic amines) is 2. The van der Waals surface area contributed by atoms with Crippen LogP contribution in [0.5, 0.6) is 11.5 Å². The third-order valence-corrected chi connectivity index (χ3v) is 23.5. The fourth-order valence-corrected chi connectivity index (χ4v) is 15.9. The third kappa shape index (κ3) is 21.7. The van der Waals surface area contributed by atoms with Gasteiger partial charge in [-0.25, -0.2) is 17.9 Å². The molecule has 6 aliphatic heterocycles. The van der Waals surface area contributed by atoms with Gasteiger partial charge < -0.3 is 61.0 Å². The second kappa shape index (κ2) is 37.3. The molecule has 29 heteroatoms. The number of amides is 7. The number of aliphatic carboxylic acids is 1. The van der Waals surface area contributed by atoms with Crippen molar-refractivity contribution in [3.8, 4) is 11.5 Å². The van der Waals surface area contributed by atoms with Crippen molar-refractivity contribution >= 4 is 90.5 Å². The maximum absolute atomic E-state index is 15.3. The standard InChI is InChI=1S/C84H102N12O16S/c1-9-56(42-73(97)50(2)85-7)81(104)95-48-66-45-72(95)80(103)87-68(40-54-20-26-57-16-10-12-18-59(57)37-54)74(98)43-61(77(100)92-113(108,109)67-32-33-67)36-52-22-30-65(31-23-52)112-49-62-46-96(93-91-62)63-44-71(94(47-63)82(105)75(84(4,5)6)90-76(99)51(3)86-8)79(102)88-69(41-55-21-27-58-17-11-13-19-60(58)38-55)78(101)89-70(83(106)107)39-53-24-28-64(29-25-53)110-34-14-15-35-111-66/h10-31,37-38,46,50-51,56,61,63,66-72,75,85-86H,9,32-36,39-45,47-49H2,1-8H3,(H,87,103)(H,88,102)(H,89,101)(H,90,99)(H,92,100)(H,106,107)/b15-14+/t50-,51-,56+,61+,63-,66-,68-,69-,70-,71-,72-,75+/m0/s1. The molecule has 7 amide bonds. The molecule has 1 aromatic heterocycles. The van der Waals surface area contributed by atoms with E-state index in [1.807, 2.05) is 84.9 Å². The second-order valence-corrected chi connectivity index (χ2v) is 33.0. The number of likely N-dealkylation sites (N-methyl/N-ethyl adjacent to an activating group) is 2. The number of ketones is 2. The van der Waals surface area contributed by atoms with Gasteiger partial charge in [0.05, 0.1) is 48.3 Å². The van der Waals surface area contributed by atoms with Crippen LogP contribution in [0.1, 0.15) is 120 Å². The Morgan fingerprint density at radius 2 is 1.21 bits per heavy atom. The van der Waals surface area contributed by atoms with E-state index < -0.39 is 153 Å². The van der Waals surface area contributed by atoms with Gasteiger partial charge in [0.1, 0.15) is 66.4 Å². The zero-order valence-electron chi connectivity index (χ0n) is 65.0. The van der Waals surface area contributed by atoms with Crippen molar-refractivity contribution in [2.24, 2.45) is 17.3 Å². The number of hydrogen-bond acceptors (Lipinski definition) is 19. The number of ether oxygens (including phenoxy) is 3. The van der Waals surface area contributed by atoms with Gasteiger partial charge in [0.25, 0.3) is 0 Å². The van der Waals surface area contributed by atoms with Gasteiger partial charge in [0.15, 0.2) is 5.78 Å². The van der Waals surface area contributed by atoms with Gasteiger partial charge in [-0.3, -0.25) is 47.9 Å². The minimum Gasteiger partial charge on any atom is -0.490 e. The molecule has 2 saturated heterocycles. The molecule has 12 atom stereocenters. The van der Waals surface area contributed by atoms with Gasteiger partial charge in [-0.1, -0.05) is 148 Å². The minimum atomic E-state index is -4.12. The summed E-state index contributed by atoms with van der Waals surface area (Å²) in [5.41, 5.74) is 1.79. The van der Waals surface area contributed by atoms with E-state index in [0.717, 1.165) is 21.5 Å². The molecule has 3 fully saturated rings. The number of carbonyl (C=O) groups is 10. The van der Waals surface area contributed by atoms with E-state index in [1.54, 1.807) is 123 Å². The van der Waals surface area contributed by atoms with Crippen LogP contribution >= 0.6 is 0 Å². The summed E-state index contributed by atoms with van der Waals surface area (Å²) in [6.07, 6.45) is 4.18. The van der Waals surface area contributed by atoms with Gasteiger partial charge in [0.2, 0.25) is 51.4 Å². The quantitative estimate of drug-likeness (QED) is 0.0459. The molecule has 8 N–H and O–H groups in total. The van der Waals surface area contributed by atoms with E-state index in [1.165, 1.54) is 14.5 Å². The molecule has 0 radical (unpaired) electrons. The lowest BCUT2D eigenvalue weighted by atomic mass is 9.85. The van der Waals surface area contributed by atoms with Crippen LogP contribution in [-0.2, 0) is 95.0 Å². The van der Waals surface area contributed by atoms with Crippen LogP contribution in [0.2, 0.25) is 0 Å². The molecule has 7 aliphatic rings. The van der Waals surface area contributed by atoms with Gasteiger partial charge in [-0.15, -0.1) is 5.10 Å². The lowest BCUT2D eigenvalue weighted by Gasteiger charge is -2.36. The molecule has 0 unspecified atom stereocenters. The van der Waals surface area contributed by atoms with Crippen molar-refractivity contribution in [1.82, 2.24) is 61.4 Å². The minimum absolute atomic E-state index is 0.00377. The normalized spacial score (nSPS) is 22.7. The van der Waals surface area contributed by atoms with Crippen molar-refractivity contribution < 1.29 is 75.7 Å². The Hall–Kier alpha value is -10.8. The molecule has 7 heterocycles. The van der Waals surface area contributed by atoms with E-state index in [-0.39, 0.29) is 90.1 Å². The average Bonchev–Trinajstić information content (AvgIpc) is 1.65. The molecule has 10 bridgehead atoms. The van der Waals surface area contributed by atoms with Crippen LogP contribution in [0, 0.1) is 17.3 Å². The highest BCUT2D eigenvalue weighted by molar-refractivity contribution is 7.90. The summed E-state index contributed by atoms with van der Waals surface area (Å²) in [6.45, 7) is 10.3. The number of aromatic nitrogens is 3. The molecular formula is C84H102N12O16S. The Balaban J connectivity index is 0.914. The Morgan fingerprint density at radius 3 is 1.81 bits per heavy atom. The van der Waals surface area contributed by atoms with Gasteiger partial charge in [-0.2, -0.15) is 0 Å². The lowest BCUT2D eigenvalue weighted by molar-refractivity contribution is -0.145. The van der Waals surface area contributed by atoms with Crippen LogP contribution in [0.4, 0.5) is 0 Å². The number of carbonyl (C=O) groups excluding carboxylic acids is 9. The summed E-state index contributed by atoms with van der Waals surface area (Å²) < 4.78 is 49.4. The van der Waals surface area contributed by atoms with Crippen LogP contribution in [-0.4, -0.2) is 197 Å². The maximum Gasteiger partial charge on any atom is 0.326 e. The molecule has 600 valence electrons. The number of benzene rings is 6. The lowest BCUT2D eigenvalue weighted by Crippen LogP contribution is -2.60. The number of rotatable bonds is 18. The first-order chi connectivity index (χ1) is 54.0. The Labute approximate surface area is 657 Å². The Morgan fingerprint density at radius 1 is 0.646 bits per heavy atom. The number of carboxylic acid groups (broad SMARTS) is 1. The summed E-state index contributed by atoms with van der Waals surface area (Å²) in [5, 5.41) is 39.7. The largest absolute Gasteiger partial charge is 0.490 e. The highest BCUT2D eigenvalue weighted by atomic mass is 32.2. The van der Waals surface area contributed by atoms with Crippen molar-refractivity contribution in [1.29, 1.82) is 0 Å². The van der Waals surface area contributed by atoms with Gasteiger partial charge in [-0.05, 0) is 140 Å². The molecule has 14 rings (SSSR count). The monoisotopic (exact) mass is 1570 g/mol. The van der Waals surface area contributed by atoms with E-state index >= 15 is 19.2 Å². The molecule has 6 aromatic carbocycles. The zero-order chi connectivity index (χ0) is 80.8. The molecule has 1 aliphatic carbocycles. The number of carboxylic acids is 1. The first kappa shape index (κ1) is 83.2. The second-order valence-electron chi connectivity index (χ2n) is 31.0. The van der Waals surface area contributed by atoms with E-state index in [2.05, 4.69) is 46.9 Å². The number of hydrogen-bond donors (Lipinski definition) is 8. The summed E-state index contributed by atoms with van der Waals surface area (Å²) in [7, 11) is -0.869. The number of sulfonamides is 1. The predicted molar refractivity (Wildman–Crippen MR) is 422 cm³/mol. The fourth-order valence-electron chi connectivity index (χ4n) is 14.5. The van der Waals surface area contributed by atoms with Crippen molar-refractivity contribution in [2.75, 3.05) is 40.4 Å². The topological polar surface area (TPSA) is 374 Å². The van der Waals surface area contributed by atoms with Crippen LogP contribution < -0.4 is 46.1 Å². The number of nitrogens with one attached hydrogen (secondary N) is 7. The van der Waals surface area contributed by atoms with E-state index in [4.69, 9.17) is 14.2 Å². The van der Waals surface area contributed by atoms with E-state index in [0.29, 0.717) is 52.3 Å². The summed E-state index contributed by atoms with van der Waals surface area (Å²) >= 11 is 0. The smallest absolute Gasteiger partial charge is 0.326 e. The zero-order valence-corrected chi connectivity index (χ0v) is 65.8. The maximum atomic E-state index is 15.3. The molecule has 28 nitrogen and oxygen atoms in total. The Bertz CT molecular complexity index is 4770. The predicted octanol–water partition coefficient (Wildman–Crippen LogP) is 5.97. The van der Waals surface area contributed by atoms with Crippen molar-refractivity contribution in [3.05, 3.63) is 180 Å². The van der Waals surface area contributed by atoms with Gasteiger partial charge in [0, 0.05) is 63.5 Å². The number of Topliss-reactive ketones (excluding diaryl/α,β-unsaturated/α-hetero) is 2. The van der Waals surface area contributed by atoms with Crippen LogP contribution in [0.15, 0.2) is 152 Å². The van der Waals surface area contributed by atoms with Crippen LogP contribution in [0.3, 0.4) is 0 Å². The van der Waals surface area contributed by atoms with Crippen molar-refractivity contribution in [2.45, 2.75) is 185 Å². The fraction of sp³-hybridized carbons (Fsp3) is 0.452. The summed E-state index contributed by atoms with van der Waals surface area (Å²) in [6, 6.07) is 29.9. The van der Waals surface area contributed by atoms with Crippen molar-refractivity contribution in [3.63, 3.8) is 0 Å². The molecule has 1 saturated carbocycles. The van der Waals surface area contributed by atoms with E-state index in [9.17, 15) is 42.3 Å². The molecular weight excluding hydrogens is 1470 g/mol. The Kier molecular flexibility index (Phi) is 27.4. The molecule has 113 heavy (non-hydrogen) atoms. The van der Waals surface area contributed by atoms with Crippen LogP contribution in [0.25, 0.3) is 21.5 Å². The SMILES string of the molecule is CC[C@H](CC(=O)[C@H](C)NC)C(=O)N1C[C@@H]2C[C@H]1C(=O)N[C@@H](Cc1ccc3ccccc3c1)C(=O)C[C@H](C(=O)NS(=O)(=O)C1CC1)Cc1ccc(cc1)OCc1cn(nn1)[C@H]1C[C@@H](C(=O)N[C@@H](Cc3ccc4ccccc4c3)C(=O)N[C@H](C(=O)O)Cc3ccc(cc3)OC/C=C/CO2)N(C(=O)[C@@H](NC(=O)[C@H](C)NC)C(C)(C)C)C1. The highest BCUT2D eigenvalue weighted by Crippen LogP contribution is 2.34. The number of nitrogens with zero attached hydrogens (tertiary/aromatic N) is 5. The first-order valence-electron chi connectivity index (χ1n) is 38.6. The van der Waals surface area contributed by atoms with Gasteiger partial charge >= 0.3 is 5.97 Å². The first-order valence-corrected chi connectivity index (χ1v) is 40.2. The molecule has 0 spiro atoms. The third-order valence-electron chi connectivity index (χ3n) is 21.7. The average molecular weight is 1570 g/mol. The summed E-state index contributed by atoms with van der Waals surface area (Å²) in [5.74, 6) is -8.11. The summed E-state index contributed by atoms with van der Waals surface area (Å²) in [4.78, 5) is 148. The molecule has 7 aromatic rings.